The van der Waals surface area contributed by atoms with E-state index < -0.39 is 0 Å². The summed E-state index contributed by atoms with van der Waals surface area (Å²) >= 11 is 0. The molecule has 1 aromatic carbocycles. The Kier molecular flexibility index (Phi) is 4.10. The summed E-state index contributed by atoms with van der Waals surface area (Å²) in [6.07, 6.45) is 1.77. The number of aryl methyl sites for hydroxylation is 2. The minimum Gasteiger partial charge on any atom is -0.317 e. The molecule has 1 atom stereocenters. The molecule has 0 saturated carbocycles. The van der Waals surface area contributed by atoms with E-state index in [2.05, 4.69) is 65.1 Å². The van der Waals surface area contributed by atoms with Gasteiger partial charge in [-0.15, -0.1) is 10.2 Å². The van der Waals surface area contributed by atoms with Gasteiger partial charge in [0.2, 0.25) is 0 Å². The molecule has 2 rings (SSSR count). The van der Waals surface area contributed by atoms with Crippen molar-refractivity contribution in [1.82, 2.24) is 20.1 Å². The summed E-state index contributed by atoms with van der Waals surface area (Å²) < 4.78 is 2.05. The zero-order valence-electron chi connectivity index (χ0n) is 11.2. The van der Waals surface area contributed by atoms with E-state index in [9.17, 15) is 0 Å². The first kappa shape index (κ1) is 12.8. The summed E-state index contributed by atoms with van der Waals surface area (Å²) in [5, 5.41) is 11.6. The summed E-state index contributed by atoms with van der Waals surface area (Å²) in [6.45, 7) is 8.06. The van der Waals surface area contributed by atoms with Crippen molar-refractivity contribution in [2.45, 2.75) is 39.9 Å². The van der Waals surface area contributed by atoms with Crippen LogP contribution in [0.5, 0.6) is 0 Å². The lowest BCUT2D eigenvalue weighted by Crippen LogP contribution is -2.21. The fourth-order valence-corrected chi connectivity index (χ4v) is 2.11. The molecule has 1 heterocycles. The predicted octanol–water partition coefficient (Wildman–Crippen LogP) is 2.46. The third kappa shape index (κ3) is 2.76. The van der Waals surface area contributed by atoms with Gasteiger partial charge in [0.15, 0.2) is 0 Å². The summed E-state index contributed by atoms with van der Waals surface area (Å²) in [5.74, 6) is 0.984. The molecule has 0 fully saturated rings. The van der Waals surface area contributed by atoms with Gasteiger partial charge < -0.3 is 9.88 Å². The molecule has 1 aromatic heterocycles. The van der Waals surface area contributed by atoms with Crippen molar-refractivity contribution in [3.63, 3.8) is 0 Å². The Hall–Kier alpha value is -1.68. The van der Waals surface area contributed by atoms with Crippen LogP contribution in [0.2, 0.25) is 0 Å². The number of benzene rings is 1. The topological polar surface area (TPSA) is 42.7 Å². The van der Waals surface area contributed by atoms with E-state index in [1.807, 2.05) is 0 Å². The summed E-state index contributed by atoms with van der Waals surface area (Å²) in [5.41, 5.74) is 2.65. The second-order valence-corrected chi connectivity index (χ2v) is 4.49. The van der Waals surface area contributed by atoms with Crippen LogP contribution in [0.1, 0.15) is 36.8 Å². The number of nitrogens with zero attached hydrogens (tertiary/aromatic N) is 3. The predicted molar refractivity (Wildman–Crippen MR) is 72.1 cm³/mol. The molecule has 0 radical (unpaired) electrons. The van der Waals surface area contributed by atoms with E-state index in [1.165, 1.54) is 11.1 Å². The SMILES string of the molecule is CCn1cnnc1CNC(C)c1ccccc1C. The van der Waals surface area contributed by atoms with Crippen molar-refractivity contribution in [3.8, 4) is 0 Å². The quantitative estimate of drug-likeness (QED) is 0.878. The van der Waals surface area contributed by atoms with Gasteiger partial charge in [-0.3, -0.25) is 0 Å². The fraction of sp³-hybridized carbons (Fsp3) is 0.429. The zero-order valence-corrected chi connectivity index (χ0v) is 11.2. The number of rotatable bonds is 5. The van der Waals surface area contributed by atoms with Crippen molar-refractivity contribution in [2.24, 2.45) is 0 Å². The molecular formula is C14H20N4. The van der Waals surface area contributed by atoms with E-state index in [0.717, 1.165) is 18.9 Å². The van der Waals surface area contributed by atoms with Crippen LogP contribution in [0.15, 0.2) is 30.6 Å². The second-order valence-electron chi connectivity index (χ2n) is 4.49. The molecule has 96 valence electrons. The van der Waals surface area contributed by atoms with E-state index in [-0.39, 0.29) is 0 Å². The Bertz CT molecular complexity index is 504. The lowest BCUT2D eigenvalue weighted by molar-refractivity contribution is 0.538. The van der Waals surface area contributed by atoms with Gasteiger partial charge in [-0.05, 0) is 31.9 Å². The van der Waals surface area contributed by atoms with Gasteiger partial charge in [-0.2, -0.15) is 0 Å². The van der Waals surface area contributed by atoms with Gasteiger partial charge in [-0.25, -0.2) is 0 Å². The van der Waals surface area contributed by atoms with Crippen molar-refractivity contribution in [3.05, 3.63) is 47.5 Å². The van der Waals surface area contributed by atoms with Crippen LogP contribution >= 0.6 is 0 Å². The maximum Gasteiger partial charge on any atom is 0.146 e. The van der Waals surface area contributed by atoms with Crippen LogP contribution in [-0.4, -0.2) is 14.8 Å². The molecule has 18 heavy (non-hydrogen) atoms. The van der Waals surface area contributed by atoms with E-state index in [0.29, 0.717) is 6.04 Å². The van der Waals surface area contributed by atoms with E-state index in [4.69, 9.17) is 0 Å². The average Bonchev–Trinajstić information content (AvgIpc) is 2.84. The molecule has 4 heteroatoms. The highest BCUT2D eigenvalue weighted by molar-refractivity contribution is 5.28. The van der Waals surface area contributed by atoms with E-state index >= 15 is 0 Å². The van der Waals surface area contributed by atoms with E-state index in [1.54, 1.807) is 6.33 Å². The van der Waals surface area contributed by atoms with Gasteiger partial charge >= 0.3 is 0 Å². The molecule has 0 aliphatic heterocycles. The molecule has 0 aliphatic carbocycles. The first-order valence-electron chi connectivity index (χ1n) is 6.38. The molecule has 0 amide bonds. The van der Waals surface area contributed by atoms with Crippen LogP contribution in [0.25, 0.3) is 0 Å². The third-order valence-electron chi connectivity index (χ3n) is 3.26. The smallest absolute Gasteiger partial charge is 0.146 e. The Morgan fingerprint density at radius 2 is 2.11 bits per heavy atom. The minimum atomic E-state index is 0.313. The molecule has 4 nitrogen and oxygen atoms in total. The highest BCUT2D eigenvalue weighted by atomic mass is 15.3. The van der Waals surface area contributed by atoms with Crippen LogP contribution in [0, 0.1) is 6.92 Å². The number of aromatic nitrogens is 3. The van der Waals surface area contributed by atoms with Crippen molar-refractivity contribution in [1.29, 1.82) is 0 Å². The van der Waals surface area contributed by atoms with Gasteiger partial charge in [-0.1, -0.05) is 24.3 Å². The monoisotopic (exact) mass is 244 g/mol. The highest BCUT2D eigenvalue weighted by Gasteiger charge is 2.09. The normalized spacial score (nSPS) is 12.6. The third-order valence-corrected chi connectivity index (χ3v) is 3.26. The molecule has 0 bridgehead atoms. The fourth-order valence-electron chi connectivity index (χ4n) is 2.11. The van der Waals surface area contributed by atoms with Crippen molar-refractivity contribution in [2.75, 3.05) is 0 Å². The number of hydrogen-bond acceptors (Lipinski definition) is 3. The summed E-state index contributed by atoms with van der Waals surface area (Å²) in [7, 11) is 0. The van der Waals surface area contributed by atoms with Crippen molar-refractivity contribution < 1.29 is 0 Å². The largest absolute Gasteiger partial charge is 0.317 e. The summed E-state index contributed by atoms with van der Waals surface area (Å²) in [6, 6.07) is 8.77. The van der Waals surface area contributed by atoms with Crippen molar-refractivity contribution >= 4 is 0 Å². The Balaban J connectivity index is 2.01. The standard InChI is InChI=1S/C14H20N4/c1-4-18-10-16-17-14(18)9-15-12(3)13-8-6-5-7-11(13)2/h5-8,10,12,15H,4,9H2,1-3H3. The van der Waals surface area contributed by atoms with Crippen LogP contribution in [0.4, 0.5) is 0 Å². The first-order valence-corrected chi connectivity index (χ1v) is 6.38. The lowest BCUT2D eigenvalue weighted by atomic mass is 10.0. The van der Waals surface area contributed by atoms with Gasteiger partial charge in [0.25, 0.3) is 0 Å². The van der Waals surface area contributed by atoms with Crippen LogP contribution < -0.4 is 5.32 Å². The molecule has 0 aliphatic rings. The van der Waals surface area contributed by atoms with Gasteiger partial charge in [0.1, 0.15) is 12.2 Å². The number of hydrogen-bond donors (Lipinski definition) is 1. The maximum atomic E-state index is 4.13. The highest BCUT2D eigenvalue weighted by Crippen LogP contribution is 2.16. The van der Waals surface area contributed by atoms with Crippen LogP contribution in [-0.2, 0) is 13.1 Å². The second kappa shape index (κ2) is 5.78. The molecule has 0 spiro atoms. The molecule has 1 unspecified atom stereocenters. The number of nitrogens with one attached hydrogen (secondary N) is 1. The lowest BCUT2D eigenvalue weighted by Gasteiger charge is -2.16. The van der Waals surface area contributed by atoms with Crippen LogP contribution in [0.3, 0.4) is 0 Å². The molecular weight excluding hydrogens is 224 g/mol. The molecule has 1 N–H and O–H groups in total. The molecule has 0 saturated heterocycles. The maximum absolute atomic E-state index is 4.13. The summed E-state index contributed by atoms with van der Waals surface area (Å²) in [4.78, 5) is 0. The first-order chi connectivity index (χ1) is 8.72. The van der Waals surface area contributed by atoms with Gasteiger partial charge in [0.05, 0.1) is 6.54 Å². The zero-order chi connectivity index (χ0) is 13.0. The molecule has 2 aromatic rings. The Labute approximate surface area is 108 Å². The Morgan fingerprint density at radius 1 is 1.33 bits per heavy atom. The van der Waals surface area contributed by atoms with Gasteiger partial charge in [0, 0.05) is 12.6 Å². The minimum absolute atomic E-state index is 0.313. The average molecular weight is 244 g/mol. The Morgan fingerprint density at radius 3 is 2.83 bits per heavy atom.